The van der Waals surface area contributed by atoms with Gasteiger partial charge < -0.3 is 9.64 Å². The molecule has 0 aromatic carbocycles. The van der Waals surface area contributed by atoms with Crippen molar-refractivity contribution in [1.82, 2.24) is 4.90 Å². The second-order valence-corrected chi connectivity index (χ2v) is 5.34. The van der Waals surface area contributed by atoms with Gasteiger partial charge in [0.15, 0.2) is 0 Å². The normalized spacial score (nSPS) is 28.7. The molecule has 0 saturated carbocycles. The zero-order chi connectivity index (χ0) is 12.8. The van der Waals surface area contributed by atoms with Gasteiger partial charge in [0.05, 0.1) is 18.1 Å². The Labute approximate surface area is 109 Å². The molecule has 0 aliphatic carbocycles. The van der Waals surface area contributed by atoms with Crippen LogP contribution in [-0.2, 0) is 9.53 Å². The highest BCUT2D eigenvalue weighted by molar-refractivity contribution is 5.76. The third kappa shape index (κ3) is 3.71. The van der Waals surface area contributed by atoms with Gasteiger partial charge in [-0.3, -0.25) is 4.79 Å². The predicted molar refractivity (Wildman–Crippen MR) is 67.7 cm³/mol. The molecule has 0 spiro atoms. The van der Waals surface area contributed by atoms with Crippen LogP contribution in [0.4, 0.5) is 0 Å². The van der Waals surface area contributed by atoms with E-state index in [1.165, 1.54) is 6.42 Å². The SMILES string of the molecule is N#CC1CCCN(C(=O)CCC2CCCCO2)C1. The Kier molecular flexibility index (Phi) is 5.00. The van der Waals surface area contributed by atoms with Crippen LogP contribution in [0.1, 0.15) is 44.9 Å². The van der Waals surface area contributed by atoms with Crippen molar-refractivity contribution in [1.29, 1.82) is 5.26 Å². The smallest absolute Gasteiger partial charge is 0.222 e. The average Bonchev–Trinajstić information content (AvgIpc) is 2.46. The van der Waals surface area contributed by atoms with Gasteiger partial charge in [-0.15, -0.1) is 0 Å². The summed E-state index contributed by atoms with van der Waals surface area (Å²) in [6, 6.07) is 2.28. The molecule has 2 aliphatic heterocycles. The van der Waals surface area contributed by atoms with Crippen LogP contribution in [-0.4, -0.2) is 36.6 Å². The van der Waals surface area contributed by atoms with E-state index in [4.69, 9.17) is 10.00 Å². The van der Waals surface area contributed by atoms with Crippen LogP contribution in [0.2, 0.25) is 0 Å². The maximum absolute atomic E-state index is 12.1. The van der Waals surface area contributed by atoms with E-state index in [1.54, 1.807) is 0 Å². The molecule has 2 atom stereocenters. The molecular formula is C14H22N2O2. The van der Waals surface area contributed by atoms with Crippen LogP contribution >= 0.6 is 0 Å². The molecule has 4 heteroatoms. The van der Waals surface area contributed by atoms with Gasteiger partial charge >= 0.3 is 0 Å². The summed E-state index contributed by atoms with van der Waals surface area (Å²) >= 11 is 0. The number of likely N-dealkylation sites (tertiary alicyclic amines) is 1. The first-order valence-electron chi connectivity index (χ1n) is 7.08. The second-order valence-electron chi connectivity index (χ2n) is 5.34. The van der Waals surface area contributed by atoms with Crippen molar-refractivity contribution in [2.75, 3.05) is 19.7 Å². The Bertz CT molecular complexity index is 318. The van der Waals surface area contributed by atoms with Gasteiger partial charge in [0.2, 0.25) is 5.91 Å². The lowest BCUT2D eigenvalue weighted by molar-refractivity contribution is -0.133. The fourth-order valence-corrected chi connectivity index (χ4v) is 2.79. The van der Waals surface area contributed by atoms with E-state index in [0.717, 1.165) is 45.3 Å². The number of carbonyl (C=O) groups is 1. The topological polar surface area (TPSA) is 53.3 Å². The van der Waals surface area contributed by atoms with E-state index in [0.29, 0.717) is 13.0 Å². The highest BCUT2D eigenvalue weighted by Crippen LogP contribution is 2.20. The van der Waals surface area contributed by atoms with Crippen molar-refractivity contribution < 1.29 is 9.53 Å². The van der Waals surface area contributed by atoms with Crippen molar-refractivity contribution in [3.05, 3.63) is 0 Å². The Morgan fingerprint density at radius 1 is 1.33 bits per heavy atom. The van der Waals surface area contributed by atoms with E-state index in [-0.39, 0.29) is 17.9 Å². The molecule has 4 nitrogen and oxygen atoms in total. The summed E-state index contributed by atoms with van der Waals surface area (Å²) in [7, 11) is 0. The molecule has 1 amide bonds. The number of nitriles is 1. The lowest BCUT2D eigenvalue weighted by Crippen LogP contribution is -2.39. The molecule has 2 heterocycles. The van der Waals surface area contributed by atoms with Gasteiger partial charge in [-0.1, -0.05) is 0 Å². The molecule has 2 fully saturated rings. The molecule has 0 aromatic heterocycles. The van der Waals surface area contributed by atoms with Crippen molar-refractivity contribution in [3.63, 3.8) is 0 Å². The molecule has 2 aliphatic rings. The maximum Gasteiger partial charge on any atom is 0.222 e. The molecular weight excluding hydrogens is 228 g/mol. The van der Waals surface area contributed by atoms with Gasteiger partial charge in [0, 0.05) is 26.1 Å². The molecule has 100 valence electrons. The number of carbonyl (C=O) groups excluding carboxylic acids is 1. The first-order valence-corrected chi connectivity index (χ1v) is 7.08. The van der Waals surface area contributed by atoms with Crippen molar-refractivity contribution in [3.8, 4) is 6.07 Å². The lowest BCUT2D eigenvalue weighted by Gasteiger charge is -2.30. The molecule has 18 heavy (non-hydrogen) atoms. The Morgan fingerprint density at radius 3 is 2.94 bits per heavy atom. The minimum Gasteiger partial charge on any atom is -0.378 e. The summed E-state index contributed by atoms with van der Waals surface area (Å²) in [5.74, 6) is 0.234. The van der Waals surface area contributed by atoms with E-state index in [2.05, 4.69) is 6.07 Å². The van der Waals surface area contributed by atoms with Crippen LogP contribution in [0.5, 0.6) is 0 Å². The lowest BCUT2D eigenvalue weighted by atomic mass is 9.98. The summed E-state index contributed by atoms with van der Waals surface area (Å²) < 4.78 is 5.63. The zero-order valence-electron chi connectivity index (χ0n) is 10.9. The van der Waals surface area contributed by atoms with E-state index < -0.39 is 0 Å². The highest BCUT2D eigenvalue weighted by Gasteiger charge is 2.24. The molecule has 0 N–H and O–H groups in total. The van der Waals surface area contributed by atoms with Crippen LogP contribution in [0.3, 0.4) is 0 Å². The van der Waals surface area contributed by atoms with Crippen LogP contribution < -0.4 is 0 Å². The van der Waals surface area contributed by atoms with Gasteiger partial charge in [0.25, 0.3) is 0 Å². The fraction of sp³-hybridized carbons (Fsp3) is 0.857. The minimum atomic E-state index is 0.0358. The Hall–Kier alpha value is -1.08. The number of ether oxygens (including phenoxy) is 1. The standard InChI is InChI=1S/C14H22N2O2/c15-10-12-4-3-8-16(11-12)14(17)7-6-13-5-1-2-9-18-13/h12-13H,1-9,11H2. The van der Waals surface area contributed by atoms with Gasteiger partial charge in [-0.25, -0.2) is 0 Å². The molecule has 2 saturated heterocycles. The maximum atomic E-state index is 12.1. The third-order valence-corrected chi connectivity index (χ3v) is 3.91. The van der Waals surface area contributed by atoms with Crippen molar-refractivity contribution in [2.24, 2.45) is 5.92 Å². The number of hydrogen-bond donors (Lipinski definition) is 0. The summed E-state index contributed by atoms with van der Waals surface area (Å²) in [6.45, 7) is 2.29. The zero-order valence-corrected chi connectivity index (χ0v) is 10.9. The second kappa shape index (κ2) is 6.75. The van der Waals surface area contributed by atoms with Gasteiger partial charge in [-0.2, -0.15) is 5.26 Å². The fourth-order valence-electron chi connectivity index (χ4n) is 2.79. The van der Waals surface area contributed by atoms with E-state index in [1.807, 2.05) is 4.90 Å². The Morgan fingerprint density at radius 2 is 2.22 bits per heavy atom. The summed E-state index contributed by atoms with van der Waals surface area (Å²) in [4.78, 5) is 13.9. The number of nitrogens with zero attached hydrogens (tertiary/aromatic N) is 2. The molecule has 0 bridgehead atoms. The van der Waals surface area contributed by atoms with Crippen molar-refractivity contribution >= 4 is 5.91 Å². The van der Waals surface area contributed by atoms with E-state index >= 15 is 0 Å². The number of rotatable bonds is 3. The first-order chi connectivity index (χ1) is 8.79. The van der Waals surface area contributed by atoms with Crippen LogP contribution in [0.25, 0.3) is 0 Å². The van der Waals surface area contributed by atoms with Crippen LogP contribution in [0.15, 0.2) is 0 Å². The summed E-state index contributed by atoms with van der Waals surface area (Å²) in [6.07, 6.45) is 7.05. The molecule has 2 rings (SSSR count). The number of amides is 1. The summed E-state index contributed by atoms with van der Waals surface area (Å²) in [5.41, 5.74) is 0. The van der Waals surface area contributed by atoms with E-state index in [9.17, 15) is 4.79 Å². The highest BCUT2D eigenvalue weighted by atomic mass is 16.5. The number of piperidine rings is 1. The number of hydrogen-bond acceptors (Lipinski definition) is 3. The minimum absolute atomic E-state index is 0.0358. The molecule has 0 aromatic rings. The third-order valence-electron chi connectivity index (χ3n) is 3.91. The predicted octanol–water partition coefficient (Wildman–Crippen LogP) is 2.10. The molecule has 0 radical (unpaired) electrons. The monoisotopic (exact) mass is 250 g/mol. The Balaban J connectivity index is 1.72. The first kappa shape index (κ1) is 13.4. The summed E-state index contributed by atoms with van der Waals surface area (Å²) in [5, 5.41) is 8.92. The largest absolute Gasteiger partial charge is 0.378 e. The van der Waals surface area contributed by atoms with Gasteiger partial charge in [0.1, 0.15) is 0 Å². The van der Waals surface area contributed by atoms with Gasteiger partial charge in [-0.05, 0) is 38.5 Å². The average molecular weight is 250 g/mol. The molecule has 2 unspecified atom stereocenters. The quantitative estimate of drug-likeness (QED) is 0.770. The van der Waals surface area contributed by atoms with Crippen LogP contribution in [0, 0.1) is 17.2 Å². The van der Waals surface area contributed by atoms with Crippen molar-refractivity contribution in [2.45, 2.75) is 51.0 Å².